The number of hydrogen-bond acceptors (Lipinski definition) is 4. The molecule has 0 radical (unpaired) electrons. The van der Waals surface area contributed by atoms with E-state index in [9.17, 15) is 4.79 Å². The fraction of sp³-hybridized carbons (Fsp3) is 0.619. The molecule has 0 saturated carbocycles. The van der Waals surface area contributed by atoms with Gasteiger partial charge in [0.1, 0.15) is 0 Å². The normalized spacial score (nSPS) is 8.74. The number of carbonyl (C=O) groups is 1. The Labute approximate surface area is 181 Å². The largest absolute Gasteiger partial charge is 0.481 e. The quantitative estimate of drug-likeness (QED) is 0.426. The summed E-state index contributed by atoms with van der Waals surface area (Å²) in [6.07, 6.45) is -0.388. The van der Waals surface area contributed by atoms with Gasteiger partial charge in [0.15, 0.2) is 0 Å². The van der Waals surface area contributed by atoms with Crippen LogP contribution >= 0.6 is 0 Å². The molecular formula is C21H41O5Ti-. The first-order valence-electron chi connectivity index (χ1n) is 8.78. The molecular weight excluding hydrogens is 380 g/mol. The average molecular weight is 421 g/mol. The van der Waals surface area contributed by atoms with Crippen LogP contribution in [0.4, 0.5) is 0 Å². The zero-order valence-corrected chi connectivity index (χ0v) is 20.1. The zero-order valence-electron chi connectivity index (χ0n) is 18.5. The van der Waals surface area contributed by atoms with Gasteiger partial charge in [0.05, 0.1) is 6.42 Å². The van der Waals surface area contributed by atoms with E-state index in [0.29, 0.717) is 0 Å². The van der Waals surface area contributed by atoms with Crippen molar-refractivity contribution in [2.75, 3.05) is 0 Å². The van der Waals surface area contributed by atoms with Crippen LogP contribution in [0, 0.1) is 5.92 Å². The monoisotopic (exact) mass is 421 g/mol. The molecule has 0 saturated heterocycles. The topological polar surface area (TPSA) is 98.0 Å². The van der Waals surface area contributed by atoms with Crippen LogP contribution < -0.4 is 0 Å². The maximum atomic E-state index is 10.2. The number of hydrogen-bond donors (Lipinski definition) is 4. The maximum absolute atomic E-state index is 10.2. The third-order valence-electron chi connectivity index (χ3n) is 1.20. The minimum atomic E-state index is -0.786. The molecule has 0 atom stereocenters. The van der Waals surface area contributed by atoms with Gasteiger partial charge in [-0.25, -0.2) is 0 Å². The van der Waals surface area contributed by atoms with Crippen molar-refractivity contribution in [3.05, 3.63) is 41.8 Å². The molecule has 0 fully saturated rings. The Morgan fingerprint density at radius 1 is 0.815 bits per heavy atom. The maximum Gasteiger partial charge on any atom is 0.307 e. The number of aliphatic carboxylic acids is 1. The van der Waals surface area contributed by atoms with Crippen molar-refractivity contribution in [3.63, 3.8) is 0 Å². The Kier molecular flexibility index (Phi) is 37.8. The summed E-state index contributed by atoms with van der Waals surface area (Å²) in [5, 5.41) is 32.5. The summed E-state index contributed by atoms with van der Waals surface area (Å²) in [6.45, 7) is 16.6. The van der Waals surface area contributed by atoms with Crippen LogP contribution in [0.25, 0.3) is 0 Å². The van der Waals surface area contributed by atoms with E-state index in [4.69, 9.17) is 20.4 Å². The summed E-state index contributed by atoms with van der Waals surface area (Å²) in [6, 6.07) is 9.13. The molecule has 1 aromatic rings. The Balaban J connectivity index is -0.0000000814. The van der Waals surface area contributed by atoms with Crippen LogP contribution in [0.5, 0.6) is 0 Å². The standard InChI is InChI=1S/C8H8O2.C4H9.3C3H8O.Ti/c9-8(10)6-7-4-2-1-3-5-7;1-4(2)3;3*1-3(2)4;/h1-5H,6H2,(H,9,10);1-3H3;3*3-4H,1-2H3;/q;-1;;;;. The molecule has 4 N–H and O–H groups in total. The van der Waals surface area contributed by atoms with Crippen molar-refractivity contribution in [1.29, 1.82) is 0 Å². The van der Waals surface area contributed by atoms with E-state index in [2.05, 4.69) is 20.8 Å². The Morgan fingerprint density at radius 2 is 1.04 bits per heavy atom. The summed E-state index contributed by atoms with van der Waals surface area (Å²) in [5.74, 6) is 0.631. The van der Waals surface area contributed by atoms with Crippen LogP contribution in [0.15, 0.2) is 30.3 Å². The predicted octanol–water partition coefficient (Wildman–Crippen LogP) is 4.09. The van der Waals surface area contributed by atoms with Crippen molar-refractivity contribution in [3.8, 4) is 0 Å². The zero-order chi connectivity index (χ0) is 21.7. The van der Waals surface area contributed by atoms with Gasteiger partial charge < -0.3 is 26.3 Å². The first kappa shape index (κ1) is 37.1. The summed E-state index contributed by atoms with van der Waals surface area (Å²) in [7, 11) is 0. The molecule has 0 aliphatic carbocycles. The van der Waals surface area contributed by atoms with Gasteiger partial charge in [-0.05, 0) is 47.1 Å². The first-order chi connectivity index (χ1) is 11.7. The van der Waals surface area contributed by atoms with Crippen LogP contribution in [0.1, 0.15) is 67.9 Å². The van der Waals surface area contributed by atoms with E-state index in [0.717, 1.165) is 5.56 Å². The van der Waals surface area contributed by atoms with Gasteiger partial charge in [-0.1, -0.05) is 30.3 Å². The number of carboxylic acids is 1. The van der Waals surface area contributed by atoms with Crippen LogP contribution in [0.2, 0.25) is 0 Å². The molecule has 0 aliphatic heterocycles. The molecule has 0 heterocycles. The summed E-state index contributed by atoms with van der Waals surface area (Å²) >= 11 is 0. The van der Waals surface area contributed by atoms with Crippen molar-refractivity contribution >= 4 is 5.97 Å². The van der Waals surface area contributed by atoms with Gasteiger partial charge in [0.25, 0.3) is 0 Å². The van der Waals surface area contributed by atoms with Gasteiger partial charge in [0, 0.05) is 40.0 Å². The minimum Gasteiger partial charge on any atom is -0.481 e. The molecule has 0 spiro atoms. The van der Waals surface area contributed by atoms with Crippen molar-refractivity contribution in [2.24, 2.45) is 0 Å². The molecule has 0 aliphatic rings. The molecule has 0 bridgehead atoms. The third-order valence-corrected chi connectivity index (χ3v) is 1.20. The van der Waals surface area contributed by atoms with E-state index < -0.39 is 5.97 Å². The van der Waals surface area contributed by atoms with E-state index in [1.165, 1.54) is 5.92 Å². The molecule has 0 unspecified atom stereocenters. The number of carboxylic acid groups (broad SMARTS) is 1. The second-order valence-electron chi connectivity index (χ2n) is 6.84. The van der Waals surface area contributed by atoms with Crippen LogP contribution in [-0.2, 0) is 32.9 Å². The molecule has 6 heteroatoms. The van der Waals surface area contributed by atoms with Crippen molar-refractivity contribution in [2.45, 2.75) is 87.0 Å². The number of aliphatic hydroxyl groups excluding tert-OH is 3. The number of rotatable bonds is 2. The average Bonchev–Trinajstić information content (AvgIpc) is 2.36. The fourth-order valence-corrected chi connectivity index (χ4v) is 0.770. The second-order valence-corrected chi connectivity index (χ2v) is 6.84. The van der Waals surface area contributed by atoms with Crippen LogP contribution in [-0.4, -0.2) is 44.7 Å². The van der Waals surface area contributed by atoms with Gasteiger partial charge in [-0.3, -0.25) is 4.79 Å². The Hall–Kier alpha value is -0.716. The fourth-order valence-electron chi connectivity index (χ4n) is 0.770. The predicted molar refractivity (Wildman–Crippen MR) is 110 cm³/mol. The summed E-state index contributed by atoms with van der Waals surface area (Å²) < 4.78 is 0. The molecule has 5 nitrogen and oxygen atoms in total. The van der Waals surface area contributed by atoms with E-state index in [-0.39, 0.29) is 46.5 Å². The van der Waals surface area contributed by atoms with Crippen molar-refractivity contribution < 1.29 is 46.9 Å². The van der Waals surface area contributed by atoms with Crippen molar-refractivity contribution in [1.82, 2.24) is 0 Å². The smallest absolute Gasteiger partial charge is 0.307 e. The molecule has 160 valence electrons. The molecule has 1 aromatic carbocycles. The minimum absolute atomic E-state index is 0. The molecule has 27 heavy (non-hydrogen) atoms. The SMILES string of the molecule is CC(C)O.CC(C)O.CC(C)O.C[C-](C)C.O=C(O)Cc1ccccc1.[Ti]. The van der Waals surface area contributed by atoms with Gasteiger partial charge >= 0.3 is 5.97 Å². The first-order valence-corrected chi connectivity index (χ1v) is 8.78. The van der Waals surface area contributed by atoms with Gasteiger partial charge in [0.2, 0.25) is 0 Å². The number of aliphatic hydroxyl groups is 3. The van der Waals surface area contributed by atoms with Gasteiger partial charge in [-0.15, -0.1) is 0 Å². The van der Waals surface area contributed by atoms with Crippen LogP contribution in [0.3, 0.4) is 0 Å². The van der Waals surface area contributed by atoms with Gasteiger partial charge in [-0.2, -0.15) is 20.8 Å². The van der Waals surface area contributed by atoms with E-state index >= 15 is 0 Å². The summed E-state index contributed by atoms with van der Waals surface area (Å²) in [5.41, 5.74) is 0.843. The third kappa shape index (κ3) is 108. The second kappa shape index (κ2) is 27.5. The molecule has 0 amide bonds. The van der Waals surface area contributed by atoms with E-state index in [1.54, 1.807) is 53.7 Å². The Bertz CT molecular complexity index is 344. The summed E-state index contributed by atoms with van der Waals surface area (Å²) in [4.78, 5) is 10.2. The number of benzene rings is 1. The molecule has 1 rings (SSSR count). The van der Waals surface area contributed by atoms with E-state index in [1.807, 2.05) is 18.2 Å². The Morgan fingerprint density at radius 3 is 1.22 bits per heavy atom. The molecule has 0 aromatic heterocycles.